The topological polar surface area (TPSA) is 132 Å². The van der Waals surface area contributed by atoms with Crippen molar-refractivity contribution in [3.05, 3.63) is 51.6 Å². The van der Waals surface area contributed by atoms with Gasteiger partial charge in [-0.15, -0.1) is 11.3 Å². The van der Waals surface area contributed by atoms with Gasteiger partial charge >= 0.3 is 0 Å². The van der Waals surface area contributed by atoms with Gasteiger partial charge in [-0.1, -0.05) is 0 Å². The van der Waals surface area contributed by atoms with Crippen LogP contribution in [-0.2, 0) is 0 Å². The number of hydrogen-bond donors (Lipinski definition) is 3. The SMILES string of the molecule is CCN=c1scc(-c2ccc(O)c(C(N)=O)c2)n1N=Cc1cc(OC)c(O)c(OC)c1. The number of carbonyl (C=O) groups excluding carboxylic acids is 1. The Labute approximate surface area is 182 Å². The fourth-order valence-electron chi connectivity index (χ4n) is 2.86. The van der Waals surface area contributed by atoms with Gasteiger partial charge < -0.3 is 25.4 Å². The van der Waals surface area contributed by atoms with Crippen molar-refractivity contribution in [3.8, 4) is 34.3 Å². The lowest BCUT2D eigenvalue weighted by Crippen LogP contribution is -2.13. The van der Waals surface area contributed by atoms with Gasteiger partial charge in [0.1, 0.15) is 5.75 Å². The third kappa shape index (κ3) is 4.53. The van der Waals surface area contributed by atoms with Gasteiger partial charge in [0.2, 0.25) is 10.6 Å². The van der Waals surface area contributed by atoms with Crippen LogP contribution < -0.4 is 20.0 Å². The molecule has 0 aliphatic heterocycles. The third-order valence-corrected chi connectivity index (χ3v) is 5.21. The van der Waals surface area contributed by atoms with E-state index in [1.54, 1.807) is 29.1 Å². The molecule has 1 aromatic heterocycles. The van der Waals surface area contributed by atoms with Crippen LogP contribution in [0, 0.1) is 0 Å². The number of amides is 1. The standard InChI is InChI=1S/C21H22N4O5S/c1-4-23-21-25(24-10-12-7-17(29-2)19(27)18(8-12)30-3)15(11-31-21)13-5-6-16(26)14(9-13)20(22)28/h5-11,26-27H,4H2,1-3H3,(H2,22,28). The van der Waals surface area contributed by atoms with E-state index in [4.69, 9.17) is 15.2 Å². The second kappa shape index (κ2) is 9.35. The summed E-state index contributed by atoms with van der Waals surface area (Å²) < 4.78 is 12.0. The molecule has 0 spiro atoms. The zero-order valence-electron chi connectivity index (χ0n) is 17.2. The molecule has 3 aromatic rings. The van der Waals surface area contributed by atoms with Gasteiger partial charge in [0.25, 0.3) is 5.91 Å². The van der Waals surface area contributed by atoms with E-state index in [1.165, 1.54) is 37.7 Å². The van der Waals surface area contributed by atoms with Gasteiger partial charge in [-0.2, -0.15) is 5.10 Å². The number of hydrogen-bond acceptors (Lipinski definition) is 8. The second-order valence-electron chi connectivity index (χ2n) is 6.30. The van der Waals surface area contributed by atoms with E-state index in [2.05, 4.69) is 10.1 Å². The molecule has 0 fully saturated rings. The van der Waals surface area contributed by atoms with Crippen molar-refractivity contribution >= 4 is 23.5 Å². The minimum Gasteiger partial charge on any atom is -0.507 e. The average Bonchev–Trinajstić information content (AvgIpc) is 3.15. The lowest BCUT2D eigenvalue weighted by atomic mass is 10.1. The number of benzene rings is 2. The first-order valence-corrected chi connectivity index (χ1v) is 10.1. The zero-order valence-corrected chi connectivity index (χ0v) is 18.0. The Morgan fingerprint density at radius 2 is 1.87 bits per heavy atom. The molecule has 0 unspecified atom stereocenters. The average molecular weight is 442 g/mol. The molecular weight excluding hydrogens is 420 g/mol. The number of aromatic hydroxyl groups is 2. The van der Waals surface area contributed by atoms with Crippen LogP contribution in [0.1, 0.15) is 22.8 Å². The number of nitrogens with two attached hydrogens (primary N) is 1. The van der Waals surface area contributed by atoms with Crippen molar-refractivity contribution in [2.24, 2.45) is 15.8 Å². The molecule has 0 atom stereocenters. The lowest BCUT2D eigenvalue weighted by molar-refractivity contribution is 0.0998. The lowest BCUT2D eigenvalue weighted by Gasteiger charge is -2.09. The zero-order chi connectivity index (χ0) is 22.5. The van der Waals surface area contributed by atoms with Crippen molar-refractivity contribution in [3.63, 3.8) is 0 Å². The van der Waals surface area contributed by atoms with E-state index >= 15 is 0 Å². The molecule has 0 bridgehead atoms. The highest BCUT2D eigenvalue weighted by Crippen LogP contribution is 2.36. The number of phenolic OH excluding ortho intramolecular Hbond substituents is 1. The highest BCUT2D eigenvalue weighted by atomic mass is 32.1. The van der Waals surface area contributed by atoms with Crippen LogP contribution in [0.4, 0.5) is 0 Å². The summed E-state index contributed by atoms with van der Waals surface area (Å²) in [6.07, 6.45) is 1.57. The Morgan fingerprint density at radius 3 is 2.45 bits per heavy atom. The first-order chi connectivity index (χ1) is 14.9. The van der Waals surface area contributed by atoms with Crippen LogP contribution in [-0.4, -0.2) is 47.8 Å². The van der Waals surface area contributed by atoms with E-state index in [0.717, 1.165) is 0 Å². The molecule has 2 aromatic carbocycles. The maximum absolute atomic E-state index is 11.6. The largest absolute Gasteiger partial charge is 0.507 e. The Bertz CT molecular complexity index is 1190. The maximum Gasteiger partial charge on any atom is 0.252 e. The molecule has 0 saturated carbocycles. The summed E-state index contributed by atoms with van der Waals surface area (Å²) in [5, 5.41) is 26.4. The fourth-order valence-corrected chi connectivity index (χ4v) is 3.76. The number of phenols is 2. The van der Waals surface area contributed by atoms with Gasteiger partial charge in [-0.25, -0.2) is 4.68 Å². The molecule has 162 valence electrons. The second-order valence-corrected chi connectivity index (χ2v) is 7.14. The highest BCUT2D eigenvalue weighted by Gasteiger charge is 2.14. The normalized spacial score (nSPS) is 11.8. The van der Waals surface area contributed by atoms with E-state index in [-0.39, 0.29) is 28.6 Å². The van der Waals surface area contributed by atoms with Crippen LogP contribution in [0.5, 0.6) is 23.0 Å². The van der Waals surface area contributed by atoms with Crippen molar-refractivity contribution in [2.45, 2.75) is 6.92 Å². The predicted molar refractivity (Wildman–Crippen MR) is 118 cm³/mol. The summed E-state index contributed by atoms with van der Waals surface area (Å²) in [5.74, 6) is -0.524. The molecule has 0 aliphatic carbocycles. The summed E-state index contributed by atoms with van der Waals surface area (Å²) in [4.78, 5) is 16.7. The van der Waals surface area contributed by atoms with Crippen molar-refractivity contribution in [1.29, 1.82) is 0 Å². The van der Waals surface area contributed by atoms with E-state index in [9.17, 15) is 15.0 Å². The first kappa shape index (κ1) is 21.9. The minimum atomic E-state index is -0.730. The van der Waals surface area contributed by atoms with Gasteiger partial charge in [0.15, 0.2) is 11.5 Å². The van der Waals surface area contributed by atoms with Crippen LogP contribution in [0.3, 0.4) is 0 Å². The molecule has 3 rings (SSSR count). The summed E-state index contributed by atoms with van der Waals surface area (Å²) >= 11 is 1.38. The summed E-state index contributed by atoms with van der Waals surface area (Å²) in [6, 6.07) is 7.83. The Balaban J connectivity index is 2.13. The van der Waals surface area contributed by atoms with Gasteiger partial charge in [0.05, 0.1) is 31.7 Å². The number of nitrogens with zero attached hydrogens (tertiary/aromatic N) is 3. The fraction of sp³-hybridized carbons (Fsp3) is 0.190. The molecule has 9 nitrogen and oxygen atoms in total. The number of carbonyl (C=O) groups is 1. The van der Waals surface area contributed by atoms with Crippen LogP contribution >= 0.6 is 11.3 Å². The summed E-state index contributed by atoms with van der Waals surface area (Å²) in [7, 11) is 2.89. The Kier molecular flexibility index (Phi) is 6.61. The van der Waals surface area contributed by atoms with Gasteiger partial charge in [-0.3, -0.25) is 9.79 Å². The number of aromatic nitrogens is 1. The molecule has 4 N–H and O–H groups in total. The van der Waals surface area contributed by atoms with E-state index in [1.807, 2.05) is 12.3 Å². The molecule has 0 radical (unpaired) electrons. The number of methoxy groups -OCH3 is 2. The van der Waals surface area contributed by atoms with Crippen LogP contribution in [0.2, 0.25) is 0 Å². The van der Waals surface area contributed by atoms with Crippen molar-refractivity contribution in [2.75, 3.05) is 20.8 Å². The molecule has 10 heteroatoms. The van der Waals surface area contributed by atoms with Crippen LogP contribution in [0.25, 0.3) is 11.3 Å². The molecule has 31 heavy (non-hydrogen) atoms. The van der Waals surface area contributed by atoms with E-state index < -0.39 is 5.91 Å². The number of ether oxygens (including phenoxy) is 2. The quantitative estimate of drug-likeness (QED) is 0.484. The molecule has 0 aliphatic rings. The highest BCUT2D eigenvalue weighted by molar-refractivity contribution is 7.07. The minimum absolute atomic E-state index is 0.0150. The van der Waals surface area contributed by atoms with Crippen molar-refractivity contribution in [1.82, 2.24) is 4.68 Å². The Hall–Kier alpha value is -3.79. The van der Waals surface area contributed by atoms with Gasteiger partial charge in [0, 0.05) is 23.1 Å². The number of primary amides is 1. The summed E-state index contributed by atoms with van der Waals surface area (Å²) in [6.45, 7) is 2.47. The van der Waals surface area contributed by atoms with Gasteiger partial charge in [-0.05, 0) is 37.3 Å². The molecule has 1 heterocycles. The molecular formula is C21H22N4O5S. The van der Waals surface area contributed by atoms with Crippen molar-refractivity contribution < 1.29 is 24.5 Å². The summed E-state index contributed by atoms with van der Waals surface area (Å²) in [5.41, 5.74) is 7.30. The Morgan fingerprint density at radius 1 is 1.19 bits per heavy atom. The maximum atomic E-state index is 11.6. The smallest absolute Gasteiger partial charge is 0.252 e. The number of thiazole rings is 1. The van der Waals surface area contributed by atoms with Crippen LogP contribution in [0.15, 0.2) is 45.8 Å². The number of rotatable bonds is 7. The first-order valence-electron chi connectivity index (χ1n) is 9.23. The molecule has 1 amide bonds. The molecule has 0 saturated heterocycles. The third-order valence-electron chi connectivity index (χ3n) is 4.36. The predicted octanol–water partition coefficient (Wildman–Crippen LogP) is 2.55. The monoisotopic (exact) mass is 442 g/mol. The van der Waals surface area contributed by atoms with E-state index in [0.29, 0.717) is 28.2 Å².